The van der Waals surface area contributed by atoms with E-state index in [1.54, 1.807) is 0 Å². The summed E-state index contributed by atoms with van der Waals surface area (Å²) in [5.74, 6) is 0.724. The van der Waals surface area contributed by atoms with Crippen molar-refractivity contribution in [2.24, 2.45) is 0 Å². The average Bonchev–Trinajstić information content (AvgIpc) is 2.73. The third-order valence-corrected chi connectivity index (χ3v) is 6.36. The van der Waals surface area contributed by atoms with Crippen LogP contribution in [0.4, 0.5) is 0 Å². The Hall–Kier alpha value is -0.780. The highest BCUT2D eigenvalue weighted by Gasteiger charge is 2.04. The number of benzene rings is 1. The zero-order valence-corrected chi connectivity index (χ0v) is 19.4. The van der Waals surface area contributed by atoms with Gasteiger partial charge in [0.05, 0.1) is 0 Å². The summed E-state index contributed by atoms with van der Waals surface area (Å²) in [4.78, 5) is 0. The van der Waals surface area contributed by atoms with E-state index in [1.807, 2.05) is 0 Å². The summed E-state index contributed by atoms with van der Waals surface area (Å²) in [6.45, 7) is 4.68. The van der Waals surface area contributed by atoms with Crippen LogP contribution in [0, 0.1) is 0 Å². The molecule has 1 aromatic rings. The SMILES string of the molecule is CCCCCCCCCCCCCCCCCCCC[C@H](C)c1ccccc1. The van der Waals surface area contributed by atoms with Crippen LogP contribution in [0.15, 0.2) is 30.3 Å². The van der Waals surface area contributed by atoms with Gasteiger partial charge in [0.2, 0.25) is 0 Å². The quantitative estimate of drug-likeness (QED) is 0.195. The van der Waals surface area contributed by atoms with Crippen molar-refractivity contribution in [3.8, 4) is 0 Å². The van der Waals surface area contributed by atoms with Gasteiger partial charge in [-0.1, -0.05) is 160 Å². The third-order valence-electron chi connectivity index (χ3n) is 6.36. The van der Waals surface area contributed by atoms with Crippen LogP contribution in [0.2, 0.25) is 0 Å². The predicted molar refractivity (Wildman–Crippen MR) is 128 cm³/mol. The summed E-state index contributed by atoms with van der Waals surface area (Å²) in [7, 11) is 0. The van der Waals surface area contributed by atoms with Gasteiger partial charge in [0.25, 0.3) is 0 Å². The normalized spacial score (nSPS) is 12.4. The monoisotopic (exact) mass is 386 g/mol. The number of hydrogen-bond donors (Lipinski definition) is 0. The molecule has 0 amide bonds. The molecule has 1 rings (SSSR count). The van der Waals surface area contributed by atoms with Crippen molar-refractivity contribution < 1.29 is 0 Å². The lowest BCUT2D eigenvalue weighted by atomic mass is 9.95. The first-order valence-electron chi connectivity index (χ1n) is 12.9. The van der Waals surface area contributed by atoms with Crippen LogP contribution >= 0.6 is 0 Å². The molecule has 28 heavy (non-hydrogen) atoms. The fourth-order valence-corrected chi connectivity index (χ4v) is 4.30. The van der Waals surface area contributed by atoms with Gasteiger partial charge in [-0.3, -0.25) is 0 Å². The van der Waals surface area contributed by atoms with Gasteiger partial charge in [0.15, 0.2) is 0 Å². The fourth-order valence-electron chi connectivity index (χ4n) is 4.30. The van der Waals surface area contributed by atoms with E-state index < -0.39 is 0 Å². The summed E-state index contributed by atoms with van der Waals surface area (Å²) in [5, 5.41) is 0. The zero-order chi connectivity index (χ0) is 20.1. The van der Waals surface area contributed by atoms with Crippen molar-refractivity contribution >= 4 is 0 Å². The molecule has 0 saturated carbocycles. The fraction of sp³-hybridized carbons (Fsp3) is 0.786. The minimum atomic E-state index is 0.724. The third kappa shape index (κ3) is 15.2. The molecule has 0 aliphatic carbocycles. The summed E-state index contributed by atoms with van der Waals surface area (Å²) in [5.41, 5.74) is 1.51. The van der Waals surface area contributed by atoms with Crippen molar-refractivity contribution in [2.75, 3.05) is 0 Å². The van der Waals surface area contributed by atoms with Gasteiger partial charge in [0.1, 0.15) is 0 Å². The second kappa shape index (κ2) is 19.5. The molecule has 0 aliphatic heterocycles. The first-order chi connectivity index (χ1) is 13.8. The van der Waals surface area contributed by atoms with Crippen molar-refractivity contribution in [1.29, 1.82) is 0 Å². The van der Waals surface area contributed by atoms with Gasteiger partial charge in [-0.25, -0.2) is 0 Å². The first kappa shape index (κ1) is 25.3. The van der Waals surface area contributed by atoms with Gasteiger partial charge < -0.3 is 0 Å². The maximum absolute atomic E-state index is 2.38. The minimum absolute atomic E-state index is 0.724. The smallest absolute Gasteiger partial charge is 0.0190 e. The highest BCUT2D eigenvalue weighted by molar-refractivity contribution is 5.18. The molecule has 0 radical (unpaired) electrons. The molecule has 0 bridgehead atoms. The van der Waals surface area contributed by atoms with E-state index in [1.165, 1.54) is 128 Å². The maximum Gasteiger partial charge on any atom is -0.0190 e. The van der Waals surface area contributed by atoms with E-state index in [0.717, 1.165) is 5.92 Å². The van der Waals surface area contributed by atoms with E-state index in [4.69, 9.17) is 0 Å². The van der Waals surface area contributed by atoms with Crippen LogP contribution in [0.3, 0.4) is 0 Å². The largest absolute Gasteiger partial charge is 0.0654 e. The molecule has 0 saturated heterocycles. The van der Waals surface area contributed by atoms with E-state index in [0.29, 0.717) is 0 Å². The summed E-state index contributed by atoms with van der Waals surface area (Å²) in [6.07, 6.45) is 27.6. The van der Waals surface area contributed by atoms with Gasteiger partial charge in [0, 0.05) is 0 Å². The Morgan fingerprint density at radius 3 is 1.25 bits per heavy atom. The molecule has 0 aliphatic rings. The Bertz CT molecular complexity index is 407. The molecule has 0 spiro atoms. The average molecular weight is 387 g/mol. The van der Waals surface area contributed by atoms with Crippen LogP contribution < -0.4 is 0 Å². The van der Waals surface area contributed by atoms with Crippen molar-refractivity contribution in [3.63, 3.8) is 0 Å². The Morgan fingerprint density at radius 1 is 0.500 bits per heavy atom. The van der Waals surface area contributed by atoms with Gasteiger partial charge in [-0.05, 0) is 17.9 Å². The summed E-state index contributed by atoms with van der Waals surface area (Å²) in [6, 6.07) is 11.0. The molecule has 0 aromatic heterocycles. The maximum atomic E-state index is 2.38. The Balaban J connectivity index is 1.73. The van der Waals surface area contributed by atoms with Crippen LogP contribution in [-0.2, 0) is 0 Å². The lowest BCUT2D eigenvalue weighted by molar-refractivity contribution is 0.518. The molecule has 0 unspecified atom stereocenters. The Morgan fingerprint density at radius 2 is 0.857 bits per heavy atom. The molecule has 162 valence electrons. The Kier molecular flexibility index (Phi) is 17.6. The van der Waals surface area contributed by atoms with E-state index in [9.17, 15) is 0 Å². The standard InChI is InChI=1S/C28H50/c1-3-4-5-6-7-8-9-10-11-12-13-14-15-16-17-18-19-21-24-27(2)28-25-22-20-23-26-28/h20,22-23,25-27H,3-19,21,24H2,1-2H3/t27-/m0/s1. The molecule has 0 heterocycles. The second-order valence-corrected chi connectivity index (χ2v) is 9.11. The zero-order valence-electron chi connectivity index (χ0n) is 19.4. The van der Waals surface area contributed by atoms with Crippen LogP contribution in [0.25, 0.3) is 0 Å². The molecule has 1 atom stereocenters. The van der Waals surface area contributed by atoms with Gasteiger partial charge >= 0.3 is 0 Å². The van der Waals surface area contributed by atoms with Crippen molar-refractivity contribution in [3.05, 3.63) is 35.9 Å². The molecule has 0 N–H and O–H groups in total. The summed E-state index contributed by atoms with van der Waals surface area (Å²) < 4.78 is 0. The van der Waals surface area contributed by atoms with E-state index in [-0.39, 0.29) is 0 Å². The van der Waals surface area contributed by atoms with Crippen LogP contribution in [0.5, 0.6) is 0 Å². The first-order valence-corrected chi connectivity index (χ1v) is 12.9. The van der Waals surface area contributed by atoms with Crippen LogP contribution in [0.1, 0.15) is 147 Å². The molecular weight excluding hydrogens is 336 g/mol. The molecule has 0 heteroatoms. The molecule has 0 fully saturated rings. The Labute approximate surface area is 177 Å². The predicted octanol–water partition coefficient (Wildman–Crippen LogP) is 10.2. The number of hydrogen-bond acceptors (Lipinski definition) is 0. The van der Waals surface area contributed by atoms with Gasteiger partial charge in [-0.15, -0.1) is 0 Å². The lowest BCUT2D eigenvalue weighted by Gasteiger charge is -2.11. The molecular formula is C28H50. The highest BCUT2D eigenvalue weighted by Crippen LogP contribution is 2.22. The van der Waals surface area contributed by atoms with E-state index in [2.05, 4.69) is 44.2 Å². The van der Waals surface area contributed by atoms with Crippen molar-refractivity contribution in [1.82, 2.24) is 0 Å². The lowest BCUT2D eigenvalue weighted by Crippen LogP contribution is -1.93. The van der Waals surface area contributed by atoms with Gasteiger partial charge in [-0.2, -0.15) is 0 Å². The topological polar surface area (TPSA) is 0 Å². The van der Waals surface area contributed by atoms with Crippen LogP contribution in [-0.4, -0.2) is 0 Å². The number of rotatable bonds is 20. The summed E-state index contributed by atoms with van der Waals surface area (Å²) >= 11 is 0. The minimum Gasteiger partial charge on any atom is -0.0654 e. The second-order valence-electron chi connectivity index (χ2n) is 9.11. The van der Waals surface area contributed by atoms with Crippen molar-refractivity contribution in [2.45, 2.75) is 142 Å². The number of unbranched alkanes of at least 4 members (excludes halogenated alkanes) is 17. The van der Waals surface area contributed by atoms with E-state index >= 15 is 0 Å². The molecule has 0 nitrogen and oxygen atoms in total. The molecule has 1 aromatic carbocycles. The highest BCUT2D eigenvalue weighted by atomic mass is 14.1.